The number of aromatic nitrogens is 5. The Morgan fingerprint density at radius 3 is 2.69 bits per heavy atom. The van der Waals surface area contributed by atoms with Crippen LogP contribution < -0.4 is 0 Å². The van der Waals surface area contributed by atoms with Crippen LogP contribution in [0.1, 0.15) is 16.4 Å². The lowest BCUT2D eigenvalue weighted by molar-refractivity contribution is 0.0498. The summed E-state index contributed by atoms with van der Waals surface area (Å²) in [5.41, 5.74) is 4.12. The van der Waals surface area contributed by atoms with Crippen LogP contribution in [0.5, 0.6) is 0 Å². The molecule has 1 saturated heterocycles. The first-order chi connectivity index (χ1) is 12.8. The minimum Gasteiger partial charge on any atom is -0.334 e. The minimum atomic E-state index is 0.0135. The van der Waals surface area contributed by atoms with Gasteiger partial charge in [0.25, 0.3) is 5.91 Å². The van der Waals surface area contributed by atoms with Gasteiger partial charge >= 0.3 is 0 Å². The number of hydrogen-bond donors (Lipinski definition) is 0. The summed E-state index contributed by atoms with van der Waals surface area (Å²) in [7, 11) is 0. The topological polar surface area (TPSA) is 76.8 Å². The van der Waals surface area contributed by atoms with Crippen molar-refractivity contribution in [2.75, 3.05) is 13.1 Å². The van der Waals surface area contributed by atoms with Crippen molar-refractivity contribution in [3.8, 4) is 11.3 Å². The van der Waals surface area contributed by atoms with Gasteiger partial charge in [0.1, 0.15) is 16.7 Å². The monoisotopic (exact) mass is 362 g/mol. The lowest BCUT2D eigenvalue weighted by Crippen LogP contribution is -2.50. The molecule has 0 N–H and O–H groups in total. The first kappa shape index (κ1) is 15.2. The molecule has 0 atom stereocenters. The highest BCUT2D eigenvalue weighted by atomic mass is 32.1. The molecule has 1 fully saturated rings. The van der Waals surface area contributed by atoms with Gasteiger partial charge in [-0.05, 0) is 18.2 Å². The molecule has 0 aliphatic carbocycles. The molecule has 0 radical (unpaired) electrons. The smallest absolute Gasteiger partial charge is 0.254 e. The Balaban J connectivity index is 1.28. The molecule has 1 aliphatic rings. The molecule has 1 aliphatic heterocycles. The van der Waals surface area contributed by atoms with Crippen LogP contribution in [0.3, 0.4) is 0 Å². The summed E-state index contributed by atoms with van der Waals surface area (Å²) in [6, 6.07) is 15.6. The maximum atomic E-state index is 12.6. The van der Waals surface area contributed by atoms with Crippen LogP contribution in [0.2, 0.25) is 0 Å². The molecule has 0 spiro atoms. The van der Waals surface area contributed by atoms with Crippen LogP contribution in [0.25, 0.3) is 22.3 Å². The summed E-state index contributed by atoms with van der Waals surface area (Å²) in [4.78, 5) is 14.4. The van der Waals surface area contributed by atoms with E-state index in [2.05, 4.69) is 19.1 Å². The summed E-state index contributed by atoms with van der Waals surface area (Å²) in [5, 5.41) is 8.47. The van der Waals surface area contributed by atoms with Crippen molar-refractivity contribution in [1.82, 2.24) is 28.6 Å². The van der Waals surface area contributed by atoms with Gasteiger partial charge in [0, 0.05) is 24.2 Å². The molecule has 5 rings (SSSR count). The van der Waals surface area contributed by atoms with E-state index in [1.54, 1.807) is 6.07 Å². The van der Waals surface area contributed by atoms with E-state index in [0.29, 0.717) is 18.7 Å². The molecule has 0 bridgehead atoms. The van der Waals surface area contributed by atoms with Crippen LogP contribution in [-0.2, 0) is 0 Å². The van der Waals surface area contributed by atoms with Crippen LogP contribution in [-0.4, -0.2) is 47.6 Å². The fraction of sp³-hybridized carbons (Fsp3) is 0.167. The number of rotatable bonds is 3. The first-order valence-corrected chi connectivity index (χ1v) is 9.00. The van der Waals surface area contributed by atoms with Gasteiger partial charge in [0.05, 0.1) is 24.0 Å². The summed E-state index contributed by atoms with van der Waals surface area (Å²) in [5.74, 6) is 0.0135. The number of likely N-dealkylation sites (tertiary alicyclic amines) is 1. The summed E-state index contributed by atoms with van der Waals surface area (Å²) >= 11 is 1.16. The summed E-state index contributed by atoms with van der Waals surface area (Å²) in [6.07, 6.45) is 1.94. The van der Waals surface area contributed by atoms with Crippen molar-refractivity contribution in [3.05, 3.63) is 60.3 Å². The van der Waals surface area contributed by atoms with E-state index in [1.165, 1.54) is 0 Å². The molecule has 4 aromatic rings. The summed E-state index contributed by atoms with van der Waals surface area (Å²) < 4.78 is 10.2. The van der Waals surface area contributed by atoms with Crippen molar-refractivity contribution in [2.24, 2.45) is 0 Å². The molecule has 0 unspecified atom stereocenters. The van der Waals surface area contributed by atoms with Gasteiger partial charge in [-0.2, -0.15) is 8.75 Å². The second-order valence-electron chi connectivity index (χ2n) is 6.28. The van der Waals surface area contributed by atoms with Crippen molar-refractivity contribution in [3.63, 3.8) is 0 Å². The predicted molar refractivity (Wildman–Crippen MR) is 97.8 cm³/mol. The van der Waals surface area contributed by atoms with Gasteiger partial charge in [0.15, 0.2) is 0 Å². The van der Waals surface area contributed by atoms with E-state index < -0.39 is 0 Å². The number of fused-ring (bicyclic) bond motifs is 1. The molecule has 0 saturated carbocycles. The summed E-state index contributed by atoms with van der Waals surface area (Å²) in [6.45, 7) is 1.26. The van der Waals surface area contributed by atoms with Crippen molar-refractivity contribution in [2.45, 2.75) is 6.04 Å². The Hall–Kier alpha value is -3.13. The third-order valence-electron chi connectivity index (χ3n) is 4.60. The number of nitrogens with zero attached hydrogens (tertiary/aromatic N) is 6. The average molecular weight is 362 g/mol. The van der Waals surface area contributed by atoms with Crippen LogP contribution in [0.4, 0.5) is 0 Å². The van der Waals surface area contributed by atoms with Crippen LogP contribution >= 0.6 is 11.7 Å². The largest absolute Gasteiger partial charge is 0.334 e. The van der Waals surface area contributed by atoms with Crippen molar-refractivity contribution in [1.29, 1.82) is 0 Å². The van der Waals surface area contributed by atoms with Gasteiger partial charge in [-0.1, -0.05) is 35.5 Å². The van der Waals surface area contributed by atoms with Crippen LogP contribution in [0.15, 0.2) is 54.7 Å². The fourth-order valence-electron chi connectivity index (χ4n) is 3.08. The lowest BCUT2D eigenvalue weighted by Gasteiger charge is -2.38. The van der Waals surface area contributed by atoms with Gasteiger partial charge in [0.2, 0.25) is 0 Å². The quantitative estimate of drug-likeness (QED) is 0.560. The zero-order valence-corrected chi connectivity index (χ0v) is 14.5. The van der Waals surface area contributed by atoms with Gasteiger partial charge in [-0.25, -0.2) is 4.68 Å². The van der Waals surface area contributed by atoms with E-state index in [9.17, 15) is 4.79 Å². The fourth-order valence-corrected chi connectivity index (χ4v) is 3.60. The van der Waals surface area contributed by atoms with Gasteiger partial charge < -0.3 is 4.90 Å². The number of amides is 1. The highest BCUT2D eigenvalue weighted by Gasteiger charge is 2.33. The van der Waals surface area contributed by atoms with E-state index in [4.69, 9.17) is 0 Å². The normalized spacial score (nSPS) is 14.5. The maximum Gasteiger partial charge on any atom is 0.254 e. The Labute approximate surface area is 153 Å². The molecule has 128 valence electrons. The number of hydrogen-bond acceptors (Lipinski definition) is 6. The van der Waals surface area contributed by atoms with E-state index >= 15 is 0 Å². The maximum absolute atomic E-state index is 12.6. The highest BCUT2D eigenvalue weighted by molar-refractivity contribution is 7.00. The van der Waals surface area contributed by atoms with E-state index in [1.807, 2.05) is 58.2 Å². The van der Waals surface area contributed by atoms with Gasteiger partial charge in [-0.3, -0.25) is 4.79 Å². The standard InChI is InChI=1S/C18H14N6OS/c25-18(13-6-7-15-16(8-13)21-26-20-15)23-9-14(10-23)24-11-17(19-22-24)12-4-2-1-3-5-12/h1-8,11,14H,9-10H2. The molecule has 3 heterocycles. The Morgan fingerprint density at radius 2 is 1.85 bits per heavy atom. The average Bonchev–Trinajstić information content (AvgIpc) is 3.30. The molecular formula is C18H14N6OS. The first-order valence-electron chi connectivity index (χ1n) is 8.27. The SMILES string of the molecule is O=C(c1ccc2nsnc2c1)N1CC(n2cc(-c3ccccc3)nn2)C1. The Morgan fingerprint density at radius 1 is 1.04 bits per heavy atom. The lowest BCUT2D eigenvalue weighted by atomic mass is 10.1. The zero-order chi connectivity index (χ0) is 17.5. The van der Waals surface area contributed by atoms with Crippen LogP contribution in [0, 0.1) is 0 Å². The van der Waals surface area contributed by atoms with Gasteiger partial charge in [-0.15, -0.1) is 5.10 Å². The predicted octanol–water partition coefficient (Wildman–Crippen LogP) is 2.65. The minimum absolute atomic E-state index is 0.0135. The number of benzene rings is 2. The molecule has 2 aromatic carbocycles. The second kappa shape index (κ2) is 5.99. The molecule has 1 amide bonds. The molecule has 26 heavy (non-hydrogen) atoms. The van der Waals surface area contributed by atoms with E-state index in [0.717, 1.165) is 34.0 Å². The molecule has 2 aromatic heterocycles. The number of carbonyl (C=O) groups is 1. The van der Waals surface area contributed by atoms with Crippen molar-refractivity contribution >= 4 is 28.7 Å². The molecule has 7 nitrogen and oxygen atoms in total. The van der Waals surface area contributed by atoms with Crippen molar-refractivity contribution < 1.29 is 4.79 Å². The Bertz CT molecular complexity index is 1080. The zero-order valence-electron chi connectivity index (χ0n) is 13.7. The molecular weight excluding hydrogens is 348 g/mol. The number of carbonyl (C=O) groups excluding carboxylic acids is 1. The Kier molecular flexibility index (Phi) is 3.49. The van der Waals surface area contributed by atoms with E-state index in [-0.39, 0.29) is 11.9 Å². The second-order valence-corrected chi connectivity index (χ2v) is 6.81. The highest BCUT2D eigenvalue weighted by Crippen LogP contribution is 2.25. The third-order valence-corrected chi connectivity index (χ3v) is 5.16. The molecule has 8 heteroatoms. The third kappa shape index (κ3) is 2.55.